The minimum absolute atomic E-state index is 0.159. The summed E-state index contributed by atoms with van der Waals surface area (Å²) in [7, 11) is -3.28. The second-order valence-corrected chi connectivity index (χ2v) is 5.35. The summed E-state index contributed by atoms with van der Waals surface area (Å²) < 4.78 is 21.9. The van der Waals surface area contributed by atoms with Gasteiger partial charge in [0.2, 0.25) is 0 Å². The van der Waals surface area contributed by atoms with Crippen molar-refractivity contribution < 1.29 is 13.2 Å². The fraction of sp³-hybridized carbons (Fsp3) is 0.182. The topological polar surface area (TPSA) is 63.2 Å². The van der Waals surface area contributed by atoms with Gasteiger partial charge in [0, 0.05) is 22.9 Å². The lowest BCUT2D eigenvalue weighted by Crippen LogP contribution is -2.13. The Kier molecular flexibility index (Phi) is 3.84. The molecule has 0 aliphatic heterocycles. The van der Waals surface area contributed by atoms with Gasteiger partial charge in [0.1, 0.15) is 0 Å². The summed E-state index contributed by atoms with van der Waals surface area (Å²) in [6, 6.07) is 8.85. The Balaban J connectivity index is 2.78. The number of anilines is 1. The first-order valence-electron chi connectivity index (χ1n) is 4.63. The molecule has 0 fully saturated rings. The Morgan fingerprint density at radius 2 is 1.81 bits per heavy atom. The Hall–Kier alpha value is -1.62. The zero-order valence-electron chi connectivity index (χ0n) is 9.10. The zero-order valence-corrected chi connectivity index (χ0v) is 9.91. The molecule has 0 bridgehead atoms. The van der Waals surface area contributed by atoms with Crippen molar-refractivity contribution in [1.82, 2.24) is 0 Å². The van der Waals surface area contributed by atoms with Crippen molar-refractivity contribution in [3.05, 3.63) is 41.3 Å². The number of carbonyl (C=O) groups is 1. The van der Waals surface area contributed by atoms with E-state index < -0.39 is 15.7 Å². The molecule has 1 aromatic rings. The Morgan fingerprint density at radius 3 is 2.31 bits per heavy atom. The van der Waals surface area contributed by atoms with E-state index in [9.17, 15) is 13.2 Å². The van der Waals surface area contributed by atoms with E-state index >= 15 is 0 Å². The van der Waals surface area contributed by atoms with Crippen molar-refractivity contribution in [2.24, 2.45) is 0 Å². The highest BCUT2D eigenvalue weighted by molar-refractivity contribution is 7.93. The predicted octanol–water partition coefficient (Wildman–Crippen LogP) is 1.57. The highest BCUT2D eigenvalue weighted by Crippen LogP contribution is 2.07. The molecule has 1 N–H and O–H groups in total. The van der Waals surface area contributed by atoms with E-state index in [4.69, 9.17) is 0 Å². The summed E-state index contributed by atoms with van der Waals surface area (Å²) in [4.78, 5) is 11.5. The molecule has 0 aliphatic carbocycles. The number of benzene rings is 1. The molecule has 86 valence electrons. The van der Waals surface area contributed by atoms with Crippen molar-refractivity contribution in [3.8, 4) is 0 Å². The molecule has 1 aromatic carbocycles. The molecule has 0 saturated carbocycles. The van der Waals surface area contributed by atoms with Crippen LogP contribution in [-0.2, 0) is 14.6 Å². The molecular weight excluding hydrogens is 226 g/mol. The van der Waals surface area contributed by atoms with Crippen LogP contribution in [0.2, 0.25) is 0 Å². The maximum Gasteiger partial charge on any atom is 0.251 e. The van der Waals surface area contributed by atoms with Crippen molar-refractivity contribution in [2.45, 2.75) is 6.92 Å². The smallest absolute Gasteiger partial charge is 0.251 e. The van der Waals surface area contributed by atoms with E-state index in [1.54, 1.807) is 24.3 Å². The van der Waals surface area contributed by atoms with Crippen LogP contribution in [-0.4, -0.2) is 20.6 Å². The second kappa shape index (κ2) is 4.94. The molecule has 0 heterocycles. The summed E-state index contributed by atoms with van der Waals surface area (Å²) in [5, 5.41) is 3.54. The van der Waals surface area contributed by atoms with Gasteiger partial charge in [-0.15, -0.1) is 0 Å². The lowest BCUT2D eigenvalue weighted by atomic mass is 10.3. The lowest BCUT2D eigenvalue weighted by molar-refractivity contribution is -0.112. The zero-order chi connectivity index (χ0) is 12.2. The van der Waals surface area contributed by atoms with Gasteiger partial charge in [0.25, 0.3) is 5.91 Å². The van der Waals surface area contributed by atoms with Crippen molar-refractivity contribution in [3.63, 3.8) is 0 Å². The number of hydrogen-bond acceptors (Lipinski definition) is 3. The van der Waals surface area contributed by atoms with Gasteiger partial charge < -0.3 is 5.32 Å². The molecule has 16 heavy (non-hydrogen) atoms. The third kappa shape index (κ3) is 4.27. The van der Waals surface area contributed by atoms with Gasteiger partial charge >= 0.3 is 0 Å². The molecule has 5 heteroatoms. The van der Waals surface area contributed by atoms with Crippen molar-refractivity contribution in [1.29, 1.82) is 0 Å². The fourth-order valence-electron chi connectivity index (χ4n) is 1.13. The summed E-state index contributed by atoms with van der Waals surface area (Å²) in [5.74, 6) is -0.420. The first kappa shape index (κ1) is 12.4. The average molecular weight is 239 g/mol. The molecular formula is C11H13NO3S. The third-order valence-corrected chi connectivity index (χ3v) is 2.56. The Bertz CT molecular complexity index is 503. The Labute approximate surface area is 94.9 Å². The van der Waals surface area contributed by atoms with E-state index in [1.165, 1.54) is 6.92 Å². The van der Waals surface area contributed by atoms with Crippen LogP contribution in [0, 0.1) is 0 Å². The number of rotatable bonds is 3. The second-order valence-electron chi connectivity index (χ2n) is 3.45. The number of para-hydroxylation sites is 1. The number of hydrogen-bond donors (Lipinski definition) is 1. The van der Waals surface area contributed by atoms with Gasteiger partial charge in [-0.1, -0.05) is 18.2 Å². The van der Waals surface area contributed by atoms with E-state index in [0.29, 0.717) is 5.69 Å². The molecule has 4 nitrogen and oxygen atoms in total. The number of sulfone groups is 1. The van der Waals surface area contributed by atoms with Crippen LogP contribution in [0.1, 0.15) is 6.92 Å². The highest BCUT2D eigenvalue weighted by atomic mass is 32.2. The summed E-state index contributed by atoms with van der Waals surface area (Å²) in [6.45, 7) is 1.46. The molecule has 1 amide bonds. The maximum atomic E-state index is 11.5. The molecule has 0 saturated heterocycles. The molecule has 0 unspecified atom stereocenters. The maximum absolute atomic E-state index is 11.5. The fourth-order valence-corrected chi connectivity index (χ4v) is 1.88. The third-order valence-electron chi connectivity index (χ3n) is 1.78. The largest absolute Gasteiger partial charge is 0.322 e. The standard InChI is InChI=1S/C11H13NO3S/c1-9(8-16(2,14)15)11(13)12-10-6-4-3-5-7-10/h3-8H,1-2H3,(H,12,13)/b9-8-. The van der Waals surface area contributed by atoms with Crippen LogP contribution in [0.5, 0.6) is 0 Å². The summed E-state index contributed by atoms with van der Waals surface area (Å²) in [6.07, 6.45) is 1.05. The van der Waals surface area contributed by atoms with Gasteiger partial charge in [-0.3, -0.25) is 4.79 Å². The van der Waals surface area contributed by atoms with Crippen LogP contribution in [0.25, 0.3) is 0 Å². The normalized spacial score (nSPS) is 12.2. The number of amides is 1. The molecule has 0 spiro atoms. The summed E-state index contributed by atoms with van der Waals surface area (Å²) in [5.41, 5.74) is 0.792. The van der Waals surface area contributed by atoms with Gasteiger partial charge in [0.05, 0.1) is 0 Å². The van der Waals surface area contributed by atoms with Gasteiger partial charge in [-0.25, -0.2) is 8.42 Å². The van der Waals surface area contributed by atoms with E-state index in [1.807, 2.05) is 6.07 Å². The number of nitrogens with one attached hydrogen (secondary N) is 1. The van der Waals surface area contributed by atoms with E-state index in [2.05, 4.69) is 5.32 Å². The van der Waals surface area contributed by atoms with E-state index in [0.717, 1.165) is 11.7 Å². The van der Waals surface area contributed by atoms with Crippen LogP contribution in [0.15, 0.2) is 41.3 Å². The lowest BCUT2D eigenvalue weighted by Gasteiger charge is -2.04. The van der Waals surface area contributed by atoms with E-state index in [-0.39, 0.29) is 5.57 Å². The predicted molar refractivity (Wildman–Crippen MR) is 63.7 cm³/mol. The molecule has 1 rings (SSSR count). The van der Waals surface area contributed by atoms with Crippen molar-refractivity contribution in [2.75, 3.05) is 11.6 Å². The highest BCUT2D eigenvalue weighted by Gasteiger charge is 2.07. The minimum atomic E-state index is -3.28. The molecule has 0 radical (unpaired) electrons. The van der Waals surface area contributed by atoms with Gasteiger partial charge in [0.15, 0.2) is 9.84 Å². The summed E-state index contributed by atoms with van der Waals surface area (Å²) >= 11 is 0. The minimum Gasteiger partial charge on any atom is -0.322 e. The van der Waals surface area contributed by atoms with Crippen LogP contribution < -0.4 is 5.32 Å². The molecule has 0 aromatic heterocycles. The first-order chi connectivity index (χ1) is 7.38. The molecule has 0 aliphatic rings. The SMILES string of the molecule is C/C(=C/S(C)(=O)=O)C(=O)Nc1ccccc1. The first-order valence-corrected chi connectivity index (χ1v) is 6.59. The van der Waals surface area contributed by atoms with Crippen molar-refractivity contribution >= 4 is 21.4 Å². The van der Waals surface area contributed by atoms with Crippen LogP contribution >= 0.6 is 0 Å². The van der Waals surface area contributed by atoms with Gasteiger partial charge in [-0.05, 0) is 19.1 Å². The van der Waals surface area contributed by atoms with Crippen LogP contribution in [0.4, 0.5) is 5.69 Å². The quantitative estimate of drug-likeness (QED) is 0.814. The van der Waals surface area contributed by atoms with Gasteiger partial charge in [-0.2, -0.15) is 0 Å². The average Bonchev–Trinajstić information content (AvgIpc) is 2.16. The Morgan fingerprint density at radius 1 is 1.25 bits per heavy atom. The number of carbonyl (C=O) groups excluding carboxylic acids is 1. The monoisotopic (exact) mass is 239 g/mol. The molecule has 0 atom stereocenters. The van der Waals surface area contributed by atoms with Crippen LogP contribution in [0.3, 0.4) is 0 Å².